The molecule has 2 aliphatic rings. The molecule has 30 heavy (non-hydrogen) atoms. The molecule has 1 aromatic heterocycles. The van der Waals surface area contributed by atoms with Crippen molar-refractivity contribution in [3.63, 3.8) is 0 Å². The van der Waals surface area contributed by atoms with E-state index in [9.17, 15) is 18.0 Å². The minimum atomic E-state index is -4.46. The van der Waals surface area contributed by atoms with Gasteiger partial charge in [-0.3, -0.25) is 4.79 Å². The first-order valence-corrected chi connectivity index (χ1v) is 10.5. The van der Waals surface area contributed by atoms with Crippen LogP contribution in [0.15, 0.2) is 36.4 Å². The van der Waals surface area contributed by atoms with E-state index >= 15 is 0 Å². The average Bonchev–Trinajstić information content (AvgIpc) is 3.10. The Hall–Kier alpha value is -2.51. The molecule has 1 N–H and O–H groups in total. The summed E-state index contributed by atoms with van der Waals surface area (Å²) in [6, 6.07) is 8.29. The van der Waals surface area contributed by atoms with Gasteiger partial charge >= 0.3 is 6.18 Å². The number of hydrogen-bond acceptors (Lipinski definition) is 3. The number of hydrogen-bond donors (Lipinski definition) is 1. The number of halogens is 3. The van der Waals surface area contributed by atoms with Gasteiger partial charge in [0.25, 0.3) is 5.91 Å². The number of amides is 1. The number of piperidine rings is 1. The highest BCUT2D eigenvalue weighted by molar-refractivity contribution is 5.93. The van der Waals surface area contributed by atoms with Crippen molar-refractivity contribution < 1.29 is 18.0 Å². The van der Waals surface area contributed by atoms with Gasteiger partial charge in [-0.15, -0.1) is 0 Å². The molecule has 162 valence electrons. The molecule has 3 heterocycles. The predicted molar refractivity (Wildman–Crippen MR) is 108 cm³/mol. The summed E-state index contributed by atoms with van der Waals surface area (Å²) < 4.78 is 42.5. The summed E-state index contributed by atoms with van der Waals surface area (Å²) in [6.07, 6.45) is -2.88. The number of nitrogens with one attached hydrogen (secondary N) is 1. The Morgan fingerprint density at radius 2 is 1.70 bits per heavy atom. The maximum Gasteiger partial charge on any atom is 0.410 e. The van der Waals surface area contributed by atoms with Crippen molar-refractivity contribution in [1.29, 1.82) is 0 Å². The number of alkyl halides is 3. The summed E-state index contributed by atoms with van der Waals surface area (Å²) in [7, 11) is 0. The zero-order valence-electron chi connectivity index (χ0n) is 17.4. The number of likely N-dealkylation sites (tertiary alicyclic amines) is 1. The maximum atomic E-state index is 13.9. The number of benzene rings is 1. The normalized spacial score (nSPS) is 29.3. The van der Waals surface area contributed by atoms with E-state index in [1.54, 1.807) is 29.2 Å². The smallest absolute Gasteiger partial charge is 0.363 e. The van der Waals surface area contributed by atoms with Crippen molar-refractivity contribution in [3.05, 3.63) is 47.7 Å². The molecule has 0 bridgehead atoms. The second-order valence-corrected chi connectivity index (χ2v) is 8.75. The van der Waals surface area contributed by atoms with Crippen molar-refractivity contribution in [2.45, 2.75) is 70.4 Å². The topological polar surface area (TPSA) is 50.2 Å². The van der Waals surface area contributed by atoms with Crippen LogP contribution in [0, 0.1) is 5.92 Å². The highest BCUT2D eigenvalue weighted by Gasteiger charge is 2.47. The van der Waals surface area contributed by atoms with Crippen LogP contribution in [0.5, 0.6) is 0 Å². The van der Waals surface area contributed by atoms with E-state index in [2.05, 4.69) is 17.3 Å². The van der Waals surface area contributed by atoms with E-state index in [4.69, 9.17) is 0 Å². The predicted octanol–water partition coefficient (Wildman–Crippen LogP) is 5.19. The Balaban J connectivity index is 1.67. The molecular weight excluding hydrogens is 393 g/mol. The van der Waals surface area contributed by atoms with E-state index < -0.39 is 18.3 Å². The molecule has 1 fully saturated rings. The van der Waals surface area contributed by atoms with E-state index in [1.165, 1.54) is 6.07 Å². The largest absolute Gasteiger partial charge is 0.410 e. The fraction of sp³-hybridized carbons (Fsp3) is 0.545. The molecule has 0 saturated carbocycles. The van der Waals surface area contributed by atoms with Gasteiger partial charge in [-0.2, -0.15) is 18.3 Å². The third-order valence-electron chi connectivity index (χ3n) is 6.28. The lowest BCUT2D eigenvalue weighted by molar-refractivity contribution is -0.173. The molecule has 0 spiro atoms. The van der Waals surface area contributed by atoms with Gasteiger partial charge in [0.2, 0.25) is 0 Å². The van der Waals surface area contributed by atoms with Gasteiger partial charge in [-0.25, -0.2) is 4.68 Å². The minimum Gasteiger partial charge on any atom is -0.363 e. The second kappa shape index (κ2) is 7.63. The average molecular weight is 420 g/mol. The van der Waals surface area contributed by atoms with Crippen molar-refractivity contribution in [2.75, 3.05) is 5.32 Å². The zero-order chi connectivity index (χ0) is 21.6. The summed E-state index contributed by atoms with van der Waals surface area (Å²) in [5.74, 6) is 0.436. The molecule has 2 aliphatic heterocycles. The number of rotatable bonds is 2. The Morgan fingerprint density at radius 3 is 2.30 bits per heavy atom. The molecule has 8 heteroatoms. The van der Waals surface area contributed by atoms with Crippen LogP contribution in [0.2, 0.25) is 0 Å². The number of fused-ring (bicyclic) bond motifs is 1. The van der Waals surface area contributed by atoms with E-state index in [0.717, 1.165) is 23.1 Å². The highest BCUT2D eigenvalue weighted by Crippen LogP contribution is 2.43. The summed E-state index contributed by atoms with van der Waals surface area (Å²) in [5.41, 5.74) is 0.841. The number of carbonyl (C=O) groups excluding carboxylic acids is 1. The number of carbonyl (C=O) groups is 1. The van der Waals surface area contributed by atoms with Crippen LogP contribution in [0.25, 0.3) is 0 Å². The number of aromatic nitrogens is 2. The van der Waals surface area contributed by atoms with Crippen LogP contribution < -0.4 is 5.32 Å². The van der Waals surface area contributed by atoms with Crippen LogP contribution in [0.4, 0.5) is 19.0 Å². The molecule has 1 unspecified atom stereocenters. The quantitative estimate of drug-likeness (QED) is 0.727. The molecule has 0 radical (unpaired) electrons. The zero-order valence-corrected chi connectivity index (χ0v) is 17.4. The Morgan fingerprint density at radius 1 is 1.07 bits per heavy atom. The van der Waals surface area contributed by atoms with Gasteiger partial charge in [0.05, 0.1) is 6.04 Å². The van der Waals surface area contributed by atoms with E-state index in [0.29, 0.717) is 5.92 Å². The maximum absolute atomic E-state index is 13.9. The lowest BCUT2D eigenvalue weighted by Crippen LogP contribution is -2.49. The van der Waals surface area contributed by atoms with Gasteiger partial charge < -0.3 is 10.2 Å². The Kier molecular flexibility index (Phi) is 5.28. The lowest BCUT2D eigenvalue weighted by Gasteiger charge is -2.41. The van der Waals surface area contributed by atoms with Crippen molar-refractivity contribution in [3.8, 4) is 0 Å². The highest BCUT2D eigenvalue weighted by atomic mass is 19.4. The third kappa shape index (κ3) is 3.79. The van der Waals surface area contributed by atoms with Crippen LogP contribution in [0.1, 0.15) is 68.2 Å². The van der Waals surface area contributed by atoms with Crippen LogP contribution in [-0.2, 0) is 0 Å². The lowest BCUT2D eigenvalue weighted by atomic mass is 9.88. The van der Waals surface area contributed by atoms with Gasteiger partial charge in [-0.1, -0.05) is 37.3 Å². The fourth-order valence-corrected chi connectivity index (χ4v) is 5.04. The van der Waals surface area contributed by atoms with Gasteiger partial charge in [0.1, 0.15) is 5.82 Å². The molecule has 1 aromatic carbocycles. The van der Waals surface area contributed by atoms with Crippen molar-refractivity contribution in [1.82, 2.24) is 14.7 Å². The molecular formula is C22H27F3N4O. The van der Waals surface area contributed by atoms with E-state index in [1.807, 2.05) is 19.9 Å². The number of nitrogens with zero attached hydrogens (tertiary/aromatic N) is 3. The first kappa shape index (κ1) is 20.8. The Bertz CT molecular complexity index is 899. The summed E-state index contributed by atoms with van der Waals surface area (Å²) in [5, 5.41) is 7.29. The molecule has 4 rings (SSSR count). The third-order valence-corrected chi connectivity index (χ3v) is 6.28. The van der Waals surface area contributed by atoms with Crippen LogP contribution in [-0.4, -0.2) is 38.8 Å². The number of anilines is 1. The first-order chi connectivity index (χ1) is 14.1. The molecule has 1 amide bonds. The molecule has 1 saturated heterocycles. The summed E-state index contributed by atoms with van der Waals surface area (Å²) in [4.78, 5) is 15.0. The second-order valence-electron chi connectivity index (χ2n) is 8.75. The molecule has 2 aromatic rings. The monoisotopic (exact) mass is 420 g/mol. The minimum absolute atomic E-state index is 0.0263. The molecule has 5 atom stereocenters. The Labute approximate surface area is 174 Å². The van der Waals surface area contributed by atoms with Crippen molar-refractivity contribution >= 4 is 11.7 Å². The van der Waals surface area contributed by atoms with Gasteiger partial charge in [-0.05, 0) is 38.2 Å². The van der Waals surface area contributed by atoms with Crippen molar-refractivity contribution in [2.24, 2.45) is 5.92 Å². The SMILES string of the molecule is CC1C[C@@H](C)N(C(=O)c2cc3n(n2)[C@H](C(F)(F)F)C[C@@H](c2ccccc2)N3)[C@@H](C)C1. The van der Waals surface area contributed by atoms with Gasteiger partial charge in [0, 0.05) is 24.6 Å². The van der Waals surface area contributed by atoms with Crippen LogP contribution >= 0.6 is 0 Å². The van der Waals surface area contributed by atoms with Gasteiger partial charge in [0.15, 0.2) is 11.7 Å². The molecule has 5 nitrogen and oxygen atoms in total. The van der Waals surface area contributed by atoms with Crippen LogP contribution in [0.3, 0.4) is 0 Å². The standard InChI is InChI=1S/C22H27F3N4O/c1-13-9-14(2)28(15(3)10-13)21(30)18-12-20-26-17(16-7-5-4-6-8-16)11-19(22(23,24)25)29(20)27-18/h4-8,12-15,17,19,26H,9-11H2,1-3H3/t13?,14-,15+,17-,19-/m0/s1. The molecule has 0 aliphatic carbocycles. The fourth-order valence-electron chi connectivity index (χ4n) is 5.04. The first-order valence-electron chi connectivity index (χ1n) is 10.5. The van der Waals surface area contributed by atoms with E-state index in [-0.39, 0.29) is 35.9 Å². The summed E-state index contributed by atoms with van der Waals surface area (Å²) >= 11 is 0. The summed E-state index contributed by atoms with van der Waals surface area (Å²) in [6.45, 7) is 6.14.